The monoisotopic (exact) mass is 347 g/mol. The van der Waals surface area contributed by atoms with E-state index in [9.17, 15) is 13.2 Å². The fourth-order valence-electron chi connectivity index (χ4n) is 2.21. The van der Waals surface area contributed by atoms with Crippen LogP contribution in [0, 0.1) is 0 Å². The van der Waals surface area contributed by atoms with Crippen LogP contribution >= 0.6 is 12.4 Å². The largest absolute Gasteiger partial charge is 0.348 e. The number of sulfonamides is 1. The van der Waals surface area contributed by atoms with Gasteiger partial charge in [0, 0.05) is 24.2 Å². The number of benzene rings is 1. The minimum atomic E-state index is -3.52. The van der Waals surface area contributed by atoms with E-state index in [-0.39, 0.29) is 35.3 Å². The molecule has 1 amide bonds. The Labute approximate surface area is 137 Å². The van der Waals surface area contributed by atoms with Crippen LogP contribution < -0.4 is 15.4 Å². The van der Waals surface area contributed by atoms with Gasteiger partial charge in [0.05, 0.1) is 4.90 Å². The van der Waals surface area contributed by atoms with Crippen LogP contribution in [0.4, 0.5) is 0 Å². The standard InChI is InChI=1S/C14H21N3O3S.ClH/c1-10(2)17-21(19,20)13-5-3-11(4-6-13)14(18)16-12-7-8-15-9-12;/h3-6,10,12,15,17H,7-9H2,1-2H3,(H,16,18);1H. The Hall–Kier alpha value is -1.15. The van der Waals surface area contributed by atoms with Crippen molar-refractivity contribution in [2.75, 3.05) is 13.1 Å². The summed E-state index contributed by atoms with van der Waals surface area (Å²) >= 11 is 0. The number of halogens is 1. The first-order valence-corrected chi connectivity index (χ1v) is 8.51. The van der Waals surface area contributed by atoms with Crippen molar-refractivity contribution in [1.29, 1.82) is 0 Å². The molecule has 0 aromatic heterocycles. The zero-order valence-electron chi connectivity index (χ0n) is 12.6. The van der Waals surface area contributed by atoms with Crippen molar-refractivity contribution >= 4 is 28.3 Å². The molecular weight excluding hydrogens is 326 g/mol. The fourth-order valence-corrected chi connectivity index (χ4v) is 3.46. The molecule has 2 rings (SSSR count). The number of carbonyl (C=O) groups is 1. The fraction of sp³-hybridized carbons (Fsp3) is 0.500. The molecule has 1 aliphatic heterocycles. The van der Waals surface area contributed by atoms with Crippen molar-refractivity contribution in [3.8, 4) is 0 Å². The molecule has 1 saturated heterocycles. The number of carbonyl (C=O) groups excluding carboxylic acids is 1. The molecule has 0 saturated carbocycles. The van der Waals surface area contributed by atoms with Gasteiger partial charge in [0.25, 0.3) is 5.91 Å². The van der Waals surface area contributed by atoms with Gasteiger partial charge in [0.2, 0.25) is 10.0 Å². The summed E-state index contributed by atoms with van der Waals surface area (Å²) < 4.78 is 26.5. The summed E-state index contributed by atoms with van der Waals surface area (Å²) in [6.07, 6.45) is 0.913. The Kier molecular flexibility index (Phi) is 6.80. The average molecular weight is 348 g/mol. The normalized spacial score (nSPS) is 18.0. The lowest BCUT2D eigenvalue weighted by atomic mass is 10.2. The van der Waals surface area contributed by atoms with E-state index < -0.39 is 10.0 Å². The lowest BCUT2D eigenvalue weighted by molar-refractivity contribution is 0.0940. The molecule has 1 aromatic rings. The number of hydrogen-bond donors (Lipinski definition) is 3. The molecule has 0 spiro atoms. The zero-order chi connectivity index (χ0) is 15.5. The van der Waals surface area contributed by atoms with Gasteiger partial charge in [0.15, 0.2) is 0 Å². The first-order chi connectivity index (χ1) is 9.88. The molecule has 8 heteroatoms. The van der Waals surface area contributed by atoms with E-state index in [0.717, 1.165) is 19.5 Å². The van der Waals surface area contributed by atoms with Gasteiger partial charge in [-0.3, -0.25) is 4.79 Å². The van der Waals surface area contributed by atoms with Crippen molar-refractivity contribution in [3.05, 3.63) is 29.8 Å². The van der Waals surface area contributed by atoms with Gasteiger partial charge in [-0.05, 0) is 51.1 Å². The molecule has 1 fully saturated rings. The van der Waals surface area contributed by atoms with Crippen LogP contribution in [0.5, 0.6) is 0 Å². The number of amides is 1. The molecule has 1 atom stereocenters. The predicted molar refractivity (Wildman–Crippen MR) is 87.9 cm³/mol. The molecule has 3 N–H and O–H groups in total. The van der Waals surface area contributed by atoms with Crippen molar-refractivity contribution < 1.29 is 13.2 Å². The van der Waals surface area contributed by atoms with Crippen LogP contribution in [0.1, 0.15) is 30.6 Å². The number of nitrogens with one attached hydrogen (secondary N) is 3. The first-order valence-electron chi connectivity index (χ1n) is 7.02. The zero-order valence-corrected chi connectivity index (χ0v) is 14.3. The molecule has 22 heavy (non-hydrogen) atoms. The summed E-state index contributed by atoms with van der Waals surface area (Å²) in [6, 6.07) is 5.94. The average Bonchev–Trinajstić information content (AvgIpc) is 2.90. The Morgan fingerprint density at radius 1 is 1.27 bits per heavy atom. The van der Waals surface area contributed by atoms with Gasteiger partial charge in [-0.1, -0.05) is 0 Å². The third-order valence-corrected chi connectivity index (χ3v) is 4.89. The molecule has 1 heterocycles. The third kappa shape index (κ3) is 4.95. The molecule has 0 bridgehead atoms. The Morgan fingerprint density at radius 3 is 2.41 bits per heavy atom. The van der Waals surface area contributed by atoms with Crippen molar-refractivity contribution in [2.45, 2.75) is 37.2 Å². The summed E-state index contributed by atoms with van der Waals surface area (Å²) in [7, 11) is -3.52. The van der Waals surface area contributed by atoms with Gasteiger partial charge in [-0.15, -0.1) is 12.4 Å². The second-order valence-corrected chi connectivity index (χ2v) is 7.18. The first kappa shape index (κ1) is 18.9. The summed E-state index contributed by atoms with van der Waals surface area (Å²) in [5.41, 5.74) is 0.463. The molecular formula is C14H22ClN3O3S. The predicted octanol–water partition coefficient (Wildman–Crippen LogP) is 0.887. The molecule has 1 aromatic carbocycles. The number of hydrogen-bond acceptors (Lipinski definition) is 4. The lowest BCUT2D eigenvalue weighted by Gasteiger charge is -2.12. The SMILES string of the molecule is CC(C)NS(=O)(=O)c1ccc(C(=O)NC2CCNC2)cc1.Cl. The molecule has 1 aliphatic rings. The van der Waals surface area contributed by atoms with Crippen molar-refractivity contribution in [1.82, 2.24) is 15.4 Å². The van der Waals surface area contributed by atoms with Gasteiger partial charge >= 0.3 is 0 Å². The highest BCUT2D eigenvalue weighted by molar-refractivity contribution is 7.89. The maximum Gasteiger partial charge on any atom is 0.251 e. The van der Waals surface area contributed by atoms with Crippen LogP contribution in [-0.2, 0) is 10.0 Å². The second-order valence-electron chi connectivity index (χ2n) is 5.46. The Morgan fingerprint density at radius 2 is 1.91 bits per heavy atom. The highest BCUT2D eigenvalue weighted by Gasteiger charge is 2.19. The van der Waals surface area contributed by atoms with Gasteiger partial charge in [-0.25, -0.2) is 13.1 Å². The molecule has 0 radical (unpaired) electrons. The lowest BCUT2D eigenvalue weighted by Crippen LogP contribution is -2.36. The maximum absolute atomic E-state index is 12.0. The van der Waals surface area contributed by atoms with Gasteiger partial charge in [0.1, 0.15) is 0 Å². The minimum absolute atomic E-state index is 0. The third-order valence-electron chi connectivity index (χ3n) is 3.21. The minimum Gasteiger partial charge on any atom is -0.348 e. The summed E-state index contributed by atoms with van der Waals surface area (Å²) in [4.78, 5) is 12.2. The van der Waals surface area contributed by atoms with Crippen LogP contribution in [0.2, 0.25) is 0 Å². The van der Waals surface area contributed by atoms with Crippen LogP contribution in [0.25, 0.3) is 0 Å². The van der Waals surface area contributed by atoms with Crippen molar-refractivity contribution in [2.24, 2.45) is 0 Å². The van der Waals surface area contributed by atoms with Crippen LogP contribution in [0.15, 0.2) is 29.2 Å². The summed E-state index contributed by atoms with van der Waals surface area (Å²) in [6.45, 7) is 5.20. The van der Waals surface area contributed by atoms with E-state index in [1.807, 2.05) is 0 Å². The molecule has 6 nitrogen and oxygen atoms in total. The molecule has 0 aliphatic carbocycles. The van der Waals surface area contributed by atoms with E-state index in [4.69, 9.17) is 0 Å². The molecule has 124 valence electrons. The van der Waals surface area contributed by atoms with Crippen LogP contribution in [0.3, 0.4) is 0 Å². The second kappa shape index (κ2) is 7.92. The van der Waals surface area contributed by atoms with E-state index in [1.54, 1.807) is 13.8 Å². The highest BCUT2D eigenvalue weighted by Crippen LogP contribution is 2.11. The smallest absolute Gasteiger partial charge is 0.251 e. The highest BCUT2D eigenvalue weighted by atomic mass is 35.5. The quantitative estimate of drug-likeness (QED) is 0.738. The Balaban J connectivity index is 0.00000242. The number of rotatable bonds is 5. The van der Waals surface area contributed by atoms with Gasteiger partial charge in [-0.2, -0.15) is 0 Å². The summed E-state index contributed by atoms with van der Waals surface area (Å²) in [5, 5.41) is 6.09. The van der Waals surface area contributed by atoms with Crippen molar-refractivity contribution in [3.63, 3.8) is 0 Å². The Bertz CT molecular complexity index is 596. The summed E-state index contributed by atoms with van der Waals surface area (Å²) in [5.74, 6) is -0.176. The van der Waals surface area contributed by atoms with E-state index in [0.29, 0.717) is 5.56 Å². The van der Waals surface area contributed by atoms with E-state index in [2.05, 4.69) is 15.4 Å². The van der Waals surface area contributed by atoms with E-state index in [1.165, 1.54) is 24.3 Å². The topological polar surface area (TPSA) is 87.3 Å². The molecule has 1 unspecified atom stereocenters. The van der Waals surface area contributed by atoms with Gasteiger partial charge < -0.3 is 10.6 Å². The van der Waals surface area contributed by atoms with Crippen LogP contribution in [-0.4, -0.2) is 39.5 Å². The maximum atomic E-state index is 12.0. The van der Waals surface area contributed by atoms with E-state index >= 15 is 0 Å².